The fourth-order valence-electron chi connectivity index (χ4n) is 3.84. The Balaban J connectivity index is 1.57. The van der Waals surface area contributed by atoms with Crippen LogP contribution in [0.25, 0.3) is 0 Å². The predicted octanol–water partition coefficient (Wildman–Crippen LogP) is 2.54. The number of anilines is 3. The fraction of sp³-hybridized carbons (Fsp3) is 0.320. The van der Waals surface area contributed by atoms with E-state index < -0.39 is 36.2 Å². The number of hydrogen-bond acceptors (Lipinski definition) is 7. The lowest BCUT2D eigenvalue weighted by atomic mass is 10.2. The van der Waals surface area contributed by atoms with Crippen LogP contribution < -0.4 is 24.6 Å². The van der Waals surface area contributed by atoms with Crippen molar-refractivity contribution in [1.29, 1.82) is 0 Å². The zero-order chi connectivity index (χ0) is 25.8. The summed E-state index contributed by atoms with van der Waals surface area (Å²) in [7, 11) is 0. The highest BCUT2D eigenvalue weighted by atomic mass is 16.5. The van der Waals surface area contributed by atoms with Gasteiger partial charge in [0.1, 0.15) is 13.1 Å². The Morgan fingerprint density at radius 1 is 0.917 bits per heavy atom. The van der Waals surface area contributed by atoms with Gasteiger partial charge in [-0.15, -0.1) is 0 Å². The normalized spacial score (nSPS) is 15.2. The topological polar surface area (TPSA) is 126 Å². The van der Waals surface area contributed by atoms with Gasteiger partial charge < -0.3 is 14.8 Å². The summed E-state index contributed by atoms with van der Waals surface area (Å²) < 4.78 is 11.4. The molecule has 11 nitrogen and oxygen atoms in total. The van der Waals surface area contributed by atoms with E-state index in [1.54, 1.807) is 30.3 Å². The molecule has 1 N–H and O–H groups in total. The van der Waals surface area contributed by atoms with E-state index >= 15 is 0 Å². The molecule has 1 fully saturated rings. The van der Waals surface area contributed by atoms with Crippen molar-refractivity contribution in [3.8, 4) is 11.5 Å². The fourth-order valence-corrected chi connectivity index (χ4v) is 3.84. The quantitative estimate of drug-likeness (QED) is 0.419. The highest BCUT2D eigenvalue weighted by Crippen LogP contribution is 2.34. The van der Waals surface area contributed by atoms with E-state index in [9.17, 15) is 24.0 Å². The Bertz CT molecular complexity index is 1230. The second-order valence-electron chi connectivity index (χ2n) is 8.19. The standard InChI is InChI=1S/C25H26N4O7/c1-3-11-35-19-10-9-16(13-20(19)36-12-4-2)29-24(33)23(32)28(25(29)34)15-22(31)27-14-21(30)26-17-7-5-6-8-18(17)27/h5-10,13H,3-4,11-12,14-15H2,1-2H3,(H,26,30). The number of nitrogens with one attached hydrogen (secondary N) is 1. The number of carbonyl (C=O) groups is 5. The third kappa shape index (κ3) is 4.72. The third-order valence-corrected chi connectivity index (χ3v) is 5.53. The first-order chi connectivity index (χ1) is 17.3. The summed E-state index contributed by atoms with van der Waals surface area (Å²) in [6.45, 7) is 3.76. The molecule has 36 heavy (non-hydrogen) atoms. The molecule has 188 valence electrons. The minimum absolute atomic E-state index is 0.117. The van der Waals surface area contributed by atoms with Crippen molar-refractivity contribution in [2.24, 2.45) is 0 Å². The molecule has 2 aromatic carbocycles. The summed E-state index contributed by atoms with van der Waals surface area (Å²) in [6.07, 6.45) is 1.50. The SMILES string of the molecule is CCCOc1ccc(N2C(=O)C(=O)N(CC(=O)N3CC(=O)Nc4ccccc43)C2=O)cc1OCCC. The van der Waals surface area contributed by atoms with Gasteiger partial charge in [0.2, 0.25) is 11.8 Å². The summed E-state index contributed by atoms with van der Waals surface area (Å²) in [5, 5.41) is 2.66. The molecular weight excluding hydrogens is 468 g/mol. The van der Waals surface area contributed by atoms with Crippen molar-refractivity contribution < 1.29 is 33.4 Å². The molecule has 0 atom stereocenters. The molecular formula is C25H26N4O7. The molecule has 6 amide bonds. The van der Waals surface area contributed by atoms with Crippen LogP contribution in [0.4, 0.5) is 21.9 Å². The molecule has 0 aliphatic carbocycles. The molecule has 2 aliphatic rings. The number of fused-ring (bicyclic) bond motifs is 1. The monoisotopic (exact) mass is 494 g/mol. The molecule has 0 spiro atoms. The maximum absolute atomic E-state index is 13.1. The van der Waals surface area contributed by atoms with Crippen molar-refractivity contribution in [3.63, 3.8) is 0 Å². The average molecular weight is 495 g/mol. The summed E-state index contributed by atoms with van der Waals surface area (Å²) in [5.41, 5.74) is 0.986. The number of ether oxygens (including phenoxy) is 2. The van der Waals surface area contributed by atoms with E-state index in [2.05, 4.69) is 5.32 Å². The van der Waals surface area contributed by atoms with Gasteiger partial charge >= 0.3 is 17.8 Å². The Morgan fingerprint density at radius 3 is 2.33 bits per heavy atom. The third-order valence-electron chi connectivity index (χ3n) is 5.53. The number of nitrogens with zero attached hydrogens (tertiary/aromatic N) is 3. The Labute approximate surface area is 207 Å². The number of hydrogen-bond donors (Lipinski definition) is 1. The van der Waals surface area contributed by atoms with Gasteiger partial charge in [0.05, 0.1) is 30.3 Å². The number of amides is 6. The van der Waals surface area contributed by atoms with E-state index in [4.69, 9.17) is 9.47 Å². The molecule has 2 aliphatic heterocycles. The van der Waals surface area contributed by atoms with Gasteiger partial charge in [0, 0.05) is 6.07 Å². The lowest BCUT2D eigenvalue weighted by Crippen LogP contribution is -2.48. The van der Waals surface area contributed by atoms with Crippen molar-refractivity contribution in [2.75, 3.05) is 41.4 Å². The van der Waals surface area contributed by atoms with Gasteiger partial charge in [-0.25, -0.2) is 14.6 Å². The van der Waals surface area contributed by atoms with E-state index in [-0.39, 0.29) is 12.2 Å². The molecule has 11 heteroatoms. The molecule has 1 saturated heterocycles. The van der Waals surface area contributed by atoms with Crippen molar-refractivity contribution in [1.82, 2.24) is 4.90 Å². The predicted molar refractivity (Wildman–Crippen MR) is 130 cm³/mol. The number of benzene rings is 2. The molecule has 0 unspecified atom stereocenters. The van der Waals surface area contributed by atoms with Crippen LogP contribution in [-0.4, -0.2) is 60.9 Å². The summed E-state index contributed by atoms with van der Waals surface area (Å²) in [5.74, 6) is -2.53. The first-order valence-corrected chi connectivity index (χ1v) is 11.6. The molecule has 4 rings (SSSR count). The van der Waals surface area contributed by atoms with Crippen LogP contribution in [0.3, 0.4) is 0 Å². The van der Waals surface area contributed by atoms with Crippen LogP contribution in [0.1, 0.15) is 26.7 Å². The summed E-state index contributed by atoms with van der Waals surface area (Å²) in [4.78, 5) is 66.2. The zero-order valence-corrected chi connectivity index (χ0v) is 20.0. The second-order valence-corrected chi connectivity index (χ2v) is 8.19. The first-order valence-electron chi connectivity index (χ1n) is 11.6. The number of imide groups is 2. The van der Waals surface area contributed by atoms with Gasteiger partial charge in [0.15, 0.2) is 11.5 Å². The van der Waals surface area contributed by atoms with E-state index in [0.29, 0.717) is 45.9 Å². The van der Waals surface area contributed by atoms with Crippen molar-refractivity contribution in [3.05, 3.63) is 42.5 Å². The number of carbonyl (C=O) groups excluding carboxylic acids is 5. The van der Waals surface area contributed by atoms with Gasteiger partial charge in [0.25, 0.3) is 0 Å². The maximum atomic E-state index is 13.1. The average Bonchev–Trinajstić information content (AvgIpc) is 3.08. The first kappa shape index (κ1) is 24.7. The largest absolute Gasteiger partial charge is 0.490 e. The minimum atomic E-state index is -1.13. The molecule has 0 aromatic heterocycles. The highest BCUT2D eigenvalue weighted by Gasteiger charge is 2.47. The number of para-hydroxylation sites is 2. The van der Waals surface area contributed by atoms with Crippen LogP contribution in [0.2, 0.25) is 0 Å². The second kappa shape index (κ2) is 10.5. The van der Waals surface area contributed by atoms with E-state index in [1.165, 1.54) is 17.0 Å². The number of urea groups is 1. The van der Waals surface area contributed by atoms with Gasteiger partial charge in [-0.3, -0.25) is 24.1 Å². The smallest absolute Gasteiger partial charge is 0.339 e. The van der Waals surface area contributed by atoms with Crippen LogP contribution in [0, 0.1) is 0 Å². The van der Waals surface area contributed by atoms with Crippen LogP contribution in [0.15, 0.2) is 42.5 Å². The highest BCUT2D eigenvalue weighted by molar-refractivity contribution is 6.53. The minimum Gasteiger partial charge on any atom is -0.490 e. The molecule has 0 saturated carbocycles. The molecule has 2 heterocycles. The zero-order valence-electron chi connectivity index (χ0n) is 20.0. The van der Waals surface area contributed by atoms with Gasteiger partial charge in [-0.05, 0) is 37.1 Å². The van der Waals surface area contributed by atoms with Gasteiger partial charge in [-0.2, -0.15) is 0 Å². The molecule has 2 aromatic rings. The Kier molecular flexibility index (Phi) is 7.18. The lowest BCUT2D eigenvalue weighted by Gasteiger charge is -2.30. The van der Waals surface area contributed by atoms with E-state index in [0.717, 1.165) is 12.8 Å². The summed E-state index contributed by atoms with van der Waals surface area (Å²) >= 11 is 0. The van der Waals surface area contributed by atoms with Crippen LogP contribution >= 0.6 is 0 Å². The van der Waals surface area contributed by atoms with Crippen molar-refractivity contribution in [2.45, 2.75) is 26.7 Å². The maximum Gasteiger partial charge on any atom is 0.339 e. The van der Waals surface area contributed by atoms with Gasteiger partial charge in [-0.1, -0.05) is 26.0 Å². The molecule has 0 radical (unpaired) electrons. The Morgan fingerprint density at radius 2 is 1.61 bits per heavy atom. The molecule has 0 bridgehead atoms. The van der Waals surface area contributed by atoms with Crippen LogP contribution in [-0.2, 0) is 19.2 Å². The van der Waals surface area contributed by atoms with Crippen LogP contribution in [0.5, 0.6) is 11.5 Å². The van der Waals surface area contributed by atoms with Crippen molar-refractivity contribution >= 4 is 46.7 Å². The van der Waals surface area contributed by atoms with E-state index in [1.807, 2.05) is 13.8 Å². The summed E-state index contributed by atoms with van der Waals surface area (Å²) in [6, 6.07) is 10.2. The lowest BCUT2D eigenvalue weighted by molar-refractivity contribution is -0.140. The number of rotatable bonds is 9. The Hall–Kier alpha value is -4.41.